The van der Waals surface area contributed by atoms with Crippen molar-refractivity contribution in [2.24, 2.45) is 0 Å². The van der Waals surface area contributed by atoms with Crippen LogP contribution in [0.5, 0.6) is 0 Å². The molecule has 0 amide bonds. The molecule has 1 fully saturated rings. The van der Waals surface area contributed by atoms with Crippen molar-refractivity contribution in [1.29, 1.82) is 0 Å². The van der Waals surface area contributed by atoms with Crippen molar-refractivity contribution in [2.75, 3.05) is 26.2 Å². The van der Waals surface area contributed by atoms with Gasteiger partial charge in [-0.3, -0.25) is 4.90 Å². The van der Waals surface area contributed by atoms with Gasteiger partial charge in [-0.2, -0.15) is 13.2 Å². The summed E-state index contributed by atoms with van der Waals surface area (Å²) in [7, 11) is 0. The zero-order valence-corrected chi connectivity index (χ0v) is 14.3. The largest absolute Gasteiger partial charge is 0.416 e. The highest BCUT2D eigenvalue weighted by atomic mass is 19.4. The fourth-order valence-electron chi connectivity index (χ4n) is 3.38. The highest BCUT2D eigenvalue weighted by Crippen LogP contribution is 2.34. The number of nitrogens with one attached hydrogen (secondary N) is 1. The first kappa shape index (κ1) is 18.0. The van der Waals surface area contributed by atoms with E-state index in [0.717, 1.165) is 44.2 Å². The standard InChI is InChI=1S/C20H23F3N2/c1-2-15-6-8-16(9-7-15)19(25-12-10-24-11-13-25)17-4-3-5-18(14-17)20(21,22)23/h3-9,14,19,24H,2,10-13H2,1H3. The Labute approximate surface area is 146 Å². The van der Waals surface area contributed by atoms with Crippen LogP contribution in [0.3, 0.4) is 0 Å². The van der Waals surface area contributed by atoms with Gasteiger partial charge in [0.15, 0.2) is 0 Å². The molecule has 5 heteroatoms. The van der Waals surface area contributed by atoms with Gasteiger partial charge in [0.25, 0.3) is 0 Å². The van der Waals surface area contributed by atoms with Gasteiger partial charge in [-0.25, -0.2) is 0 Å². The molecule has 1 unspecified atom stereocenters. The van der Waals surface area contributed by atoms with Crippen LogP contribution in [0.2, 0.25) is 0 Å². The lowest BCUT2D eigenvalue weighted by Gasteiger charge is -2.36. The summed E-state index contributed by atoms with van der Waals surface area (Å²) < 4.78 is 39.5. The predicted octanol–water partition coefficient (Wildman–Crippen LogP) is 4.26. The summed E-state index contributed by atoms with van der Waals surface area (Å²) in [6.07, 6.45) is -3.38. The first-order valence-corrected chi connectivity index (χ1v) is 8.70. The van der Waals surface area contributed by atoms with Crippen molar-refractivity contribution in [2.45, 2.75) is 25.6 Å². The monoisotopic (exact) mass is 348 g/mol. The lowest BCUT2D eigenvalue weighted by Crippen LogP contribution is -2.45. The molecule has 0 radical (unpaired) electrons. The topological polar surface area (TPSA) is 15.3 Å². The van der Waals surface area contributed by atoms with E-state index in [1.54, 1.807) is 6.07 Å². The van der Waals surface area contributed by atoms with E-state index in [-0.39, 0.29) is 6.04 Å². The van der Waals surface area contributed by atoms with Crippen LogP contribution in [-0.2, 0) is 12.6 Å². The fourth-order valence-corrected chi connectivity index (χ4v) is 3.38. The zero-order chi connectivity index (χ0) is 17.9. The predicted molar refractivity (Wildman–Crippen MR) is 93.5 cm³/mol. The van der Waals surface area contributed by atoms with Crippen LogP contribution >= 0.6 is 0 Å². The Morgan fingerprint density at radius 3 is 2.28 bits per heavy atom. The van der Waals surface area contributed by atoms with Crippen molar-refractivity contribution in [1.82, 2.24) is 10.2 Å². The normalized spacial score (nSPS) is 17.4. The van der Waals surface area contributed by atoms with E-state index in [4.69, 9.17) is 0 Å². The molecule has 3 rings (SSSR count). The maximum atomic E-state index is 13.2. The molecule has 0 bridgehead atoms. The molecule has 134 valence electrons. The van der Waals surface area contributed by atoms with Gasteiger partial charge in [0.1, 0.15) is 0 Å². The number of hydrogen-bond donors (Lipinski definition) is 1. The van der Waals surface area contributed by atoms with Crippen LogP contribution in [0.15, 0.2) is 48.5 Å². The second-order valence-electron chi connectivity index (χ2n) is 6.41. The SMILES string of the molecule is CCc1ccc(C(c2cccc(C(F)(F)F)c2)N2CCNCC2)cc1. The van der Waals surface area contributed by atoms with E-state index < -0.39 is 11.7 Å². The molecular weight excluding hydrogens is 325 g/mol. The second kappa shape index (κ2) is 7.58. The average Bonchev–Trinajstić information content (AvgIpc) is 2.63. The lowest BCUT2D eigenvalue weighted by atomic mass is 9.94. The van der Waals surface area contributed by atoms with Gasteiger partial charge < -0.3 is 5.32 Å². The van der Waals surface area contributed by atoms with Crippen LogP contribution in [0.1, 0.15) is 35.2 Å². The van der Waals surface area contributed by atoms with Crippen LogP contribution in [0.4, 0.5) is 13.2 Å². The Hall–Kier alpha value is -1.85. The molecule has 25 heavy (non-hydrogen) atoms. The van der Waals surface area contributed by atoms with Crippen molar-refractivity contribution < 1.29 is 13.2 Å². The Balaban J connectivity index is 2.01. The van der Waals surface area contributed by atoms with E-state index in [1.165, 1.54) is 17.7 Å². The van der Waals surface area contributed by atoms with E-state index in [9.17, 15) is 13.2 Å². The first-order chi connectivity index (χ1) is 12.0. The third-order valence-corrected chi connectivity index (χ3v) is 4.75. The number of alkyl halides is 3. The third kappa shape index (κ3) is 4.22. The molecule has 0 aromatic heterocycles. The average molecular weight is 348 g/mol. The van der Waals surface area contributed by atoms with Crippen molar-refractivity contribution in [3.05, 3.63) is 70.8 Å². The second-order valence-corrected chi connectivity index (χ2v) is 6.41. The van der Waals surface area contributed by atoms with Crippen LogP contribution in [0.25, 0.3) is 0 Å². The van der Waals surface area contributed by atoms with E-state index >= 15 is 0 Å². The van der Waals surface area contributed by atoms with Gasteiger partial charge >= 0.3 is 6.18 Å². The highest BCUT2D eigenvalue weighted by molar-refractivity contribution is 5.36. The molecule has 1 aliphatic rings. The summed E-state index contributed by atoms with van der Waals surface area (Å²) in [6.45, 7) is 5.42. The van der Waals surface area contributed by atoms with Crippen molar-refractivity contribution in [3.8, 4) is 0 Å². The van der Waals surface area contributed by atoms with Crippen molar-refractivity contribution in [3.63, 3.8) is 0 Å². The zero-order valence-electron chi connectivity index (χ0n) is 14.3. The van der Waals surface area contributed by atoms with E-state index in [1.807, 2.05) is 12.1 Å². The molecule has 1 heterocycles. The molecule has 1 aliphatic heterocycles. The molecular formula is C20H23F3N2. The summed E-state index contributed by atoms with van der Waals surface area (Å²) in [6, 6.07) is 13.8. The summed E-state index contributed by atoms with van der Waals surface area (Å²) >= 11 is 0. The minimum atomic E-state index is -4.32. The number of nitrogens with zero attached hydrogens (tertiary/aromatic N) is 1. The maximum Gasteiger partial charge on any atom is 0.416 e. The molecule has 2 aromatic carbocycles. The minimum absolute atomic E-state index is 0.157. The first-order valence-electron chi connectivity index (χ1n) is 8.70. The maximum absolute atomic E-state index is 13.2. The van der Waals surface area contributed by atoms with Gasteiger partial charge in [0.05, 0.1) is 11.6 Å². The number of hydrogen-bond acceptors (Lipinski definition) is 2. The number of benzene rings is 2. The summed E-state index contributed by atoms with van der Waals surface area (Å²) in [4.78, 5) is 2.26. The number of aryl methyl sites for hydroxylation is 1. The Morgan fingerprint density at radius 2 is 1.68 bits per heavy atom. The number of halogens is 3. The van der Waals surface area contributed by atoms with Gasteiger partial charge in [-0.1, -0.05) is 43.3 Å². The van der Waals surface area contributed by atoms with Crippen molar-refractivity contribution >= 4 is 0 Å². The summed E-state index contributed by atoms with van der Waals surface area (Å²) in [5, 5.41) is 3.30. The molecule has 1 N–H and O–H groups in total. The van der Waals surface area contributed by atoms with Gasteiger partial charge in [-0.15, -0.1) is 0 Å². The van der Waals surface area contributed by atoms with Gasteiger partial charge in [0.2, 0.25) is 0 Å². The highest BCUT2D eigenvalue weighted by Gasteiger charge is 2.32. The summed E-state index contributed by atoms with van der Waals surface area (Å²) in [5.74, 6) is 0. The summed E-state index contributed by atoms with van der Waals surface area (Å²) in [5.41, 5.74) is 2.38. The molecule has 0 saturated carbocycles. The molecule has 2 aromatic rings. The van der Waals surface area contributed by atoms with E-state index in [2.05, 4.69) is 29.3 Å². The Bertz CT molecular complexity index is 689. The molecule has 0 aliphatic carbocycles. The van der Waals surface area contributed by atoms with Crippen LogP contribution < -0.4 is 5.32 Å². The number of piperazine rings is 1. The van der Waals surface area contributed by atoms with Crippen LogP contribution in [0, 0.1) is 0 Å². The van der Waals surface area contributed by atoms with Gasteiger partial charge in [0, 0.05) is 26.2 Å². The number of rotatable bonds is 4. The lowest BCUT2D eigenvalue weighted by molar-refractivity contribution is -0.137. The molecule has 1 saturated heterocycles. The van der Waals surface area contributed by atoms with Gasteiger partial charge in [-0.05, 0) is 35.2 Å². The van der Waals surface area contributed by atoms with Crippen LogP contribution in [-0.4, -0.2) is 31.1 Å². The quantitative estimate of drug-likeness (QED) is 0.888. The smallest absolute Gasteiger partial charge is 0.314 e. The van der Waals surface area contributed by atoms with E-state index in [0.29, 0.717) is 5.56 Å². The molecule has 1 atom stereocenters. The Morgan fingerprint density at radius 1 is 1.00 bits per heavy atom. The third-order valence-electron chi connectivity index (χ3n) is 4.75. The molecule has 2 nitrogen and oxygen atoms in total. The minimum Gasteiger partial charge on any atom is -0.314 e. The molecule has 0 spiro atoms. The Kier molecular flexibility index (Phi) is 5.45. The fraction of sp³-hybridized carbons (Fsp3) is 0.400.